The molecular formula is C5H6ClO2Ti. The van der Waals surface area contributed by atoms with Gasteiger partial charge in [-0.05, 0) is 12.1 Å². The molecule has 1 aromatic rings. The number of halogens is 1. The van der Waals surface area contributed by atoms with E-state index in [-0.39, 0.29) is 6.61 Å². The van der Waals surface area contributed by atoms with Crippen LogP contribution in [0.1, 0.15) is 5.76 Å². The molecule has 0 spiro atoms. The summed E-state index contributed by atoms with van der Waals surface area (Å²) in [7, 11) is 4.64. The standard InChI is InChI=1S/C5H6O2.ClH.Ti/c6-4-5-2-1-3-7-5;;/h1-3,6H,4H2;1H;/q;;+1/p-1. The molecule has 2 nitrogen and oxygen atoms in total. The zero-order chi connectivity index (χ0) is 7.11. The number of rotatable bonds is 1. The molecule has 9 heavy (non-hydrogen) atoms. The number of aliphatic hydroxyl groups excluding tert-OH is 1. The van der Waals surface area contributed by atoms with Gasteiger partial charge in [-0.2, -0.15) is 0 Å². The van der Waals surface area contributed by atoms with Crippen molar-refractivity contribution in [2.24, 2.45) is 0 Å². The average Bonchev–Trinajstić information content (AvgIpc) is 2.43. The number of hydrogen-bond acceptors (Lipinski definition) is 2. The summed E-state index contributed by atoms with van der Waals surface area (Å²) in [5.74, 6) is 0.611. The van der Waals surface area contributed by atoms with E-state index in [0.29, 0.717) is 5.76 Å². The van der Waals surface area contributed by atoms with Crippen LogP contribution in [0.2, 0.25) is 0 Å². The molecule has 1 heterocycles. The third kappa shape index (κ3) is 3.76. The fourth-order valence-corrected chi connectivity index (χ4v) is 0.403. The van der Waals surface area contributed by atoms with E-state index in [1.54, 1.807) is 12.1 Å². The van der Waals surface area contributed by atoms with Gasteiger partial charge in [-0.1, -0.05) is 0 Å². The van der Waals surface area contributed by atoms with E-state index < -0.39 is 0 Å². The van der Waals surface area contributed by atoms with Crippen molar-refractivity contribution in [1.82, 2.24) is 0 Å². The molecule has 1 aromatic heterocycles. The van der Waals surface area contributed by atoms with Crippen molar-refractivity contribution >= 4 is 9.30 Å². The molecule has 0 aliphatic rings. The second kappa shape index (κ2) is 6.37. The van der Waals surface area contributed by atoms with Gasteiger partial charge in [0.25, 0.3) is 0 Å². The van der Waals surface area contributed by atoms with E-state index in [0.717, 1.165) is 0 Å². The summed E-state index contributed by atoms with van der Waals surface area (Å²) >= 11 is 1.47. The SMILES string of the molecule is OCc1ccco1.[Cl][Ti]. The zero-order valence-corrected chi connectivity index (χ0v) is 6.99. The molecule has 49 valence electrons. The Bertz CT molecular complexity index is 130. The van der Waals surface area contributed by atoms with E-state index >= 15 is 0 Å². The van der Waals surface area contributed by atoms with Gasteiger partial charge >= 0.3 is 28.7 Å². The molecule has 0 bridgehead atoms. The van der Waals surface area contributed by atoms with Crippen LogP contribution in [0.5, 0.6) is 0 Å². The Labute approximate surface area is 69.1 Å². The van der Waals surface area contributed by atoms with E-state index in [1.807, 2.05) is 0 Å². The Morgan fingerprint density at radius 3 is 2.56 bits per heavy atom. The van der Waals surface area contributed by atoms with E-state index in [1.165, 1.54) is 25.6 Å². The molecule has 0 amide bonds. The first-order chi connectivity index (χ1) is 4.43. The summed E-state index contributed by atoms with van der Waals surface area (Å²) in [5.41, 5.74) is 0. The summed E-state index contributed by atoms with van der Waals surface area (Å²) in [4.78, 5) is 0. The van der Waals surface area contributed by atoms with Crippen molar-refractivity contribution in [3.05, 3.63) is 24.2 Å². The molecule has 0 atom stereocenters. The molecule has 0 aliphatic carbocycles. The van der Waals surface area contributed by atoms with Crippen LogP contribution in [0.15, 0.2) is 22.8 Å². The van der Waals surface area contributed by atoms with Crippen molar-refractivity contribution in [1.29, 1.82) is 0 Å². The van der Waals surface area contributed by atoms with Crippen molar-refractivity contribution in [3.63, 3.8) is 0 Å². The van der Waals surface area contributed by atoms with Gasteiger partial charge in [-0.3, -0.25) is 0 Å². The predicted molar refractivity (Wildman–Crippen MR) is 30.5 cm³/mol. The molecule has 0 fully saturated rings. The molecule has 0 unspecified atom stereocenters. The van der Waals surface area contributed by atoms with Gasteiger partial charge in [0.2, 0.25) is 0 Å². The van der Waals surface area contributed by atoms with E-state index in [2.05, 4.69) is 9.30 Å². The van der Waals surface area contributed by atoms with Crippen molar-refractivity contribution in [3.8, 4) is 0 Å². The second-order valence-corrected chi connectivity index (χ2v) is 1.24. The van der Waals surface area contributed by atoms with Crippen LogP contribution in [-0.2, 0) is 26.0 Å². The third-order valence-electron chi connectivity index (χ3n) is 0.736. The van der Waals surface area contributed by atoms with Gasteiger partial charge in [-0.15, -0.1) is 0 Å². The normalized spacial score (nSPS) is 7.67. The van der Waals surface area contributed by atoms with Crippen LogP contribution in [0.4, 0.5) is 0 Å². The van der Waals surface area contributed by atoms with Crippen LogP contribution in [0.25, 0.3) is 0 Å². The first-order valence-electron chi connectivity index (χ1n) is 2.25. The molecule has 0 radical (unpaired) electrons. The summed E-state index contributed by atoms with van der Waals surface area (Å²) < 4.78 is 4.73. The average molecular weight is 181 g/mol. The Kier molecular flexibility index (Phi) is 6.54. The first-order valence-corrected chi connectivity index (χ1v) is 4.40. The van der Waals surface area contributed by atoms with Crippen molar-refractivity contribution in [2.75, 3.05) is 0 Å². The van der Waals surface area contributed by atoms with Crippen LogP contribution in [0, 0.1) is 0 Å². The van der Waals surface area contributed by atoms with Gasteiger partial charge < -0.3 is 9.52 Å². The summed E-state index contributed by atoms with van der Waals surface area (Å²) in [6.07, 6.45) is 1.53. The zero-order valence-electron chi connectivity index (χ0n) is 4.67. The van der Waals surface area contributed by atoms with Crippen LogP contribution in [0.3, 0.4) is 0 Å². The first kappa shape index (κ1) is 9.24. The molecule has 4 heteroatoms. The fraction of sp³-hybridized carbons (Fsp3) is 0.200. The van der Waals surface area contributed by atoms with Crippen LogP contribution < -0.4 is 0 Å². The molecule has 1 rings (SSSR count). The Morgan fingerprint density at radius 1 is 1.67 bits per heavy atom. The predicted octanol–water partition coefficient (Wildman–Crippen LogP) is 1.46. The Hall–Kier alpha value is 0.244. The topological polar surface area (TPSA) is 33.4 Å². The molecule has 0 saturated heterocycles. The van der Waals surface area contributed by atoms with Crippen molar-refractivity contribution < 1.29 is 28.9 Å². The monoisotopic (exact) mass is 181 g/mol. The summed E-state index contributed by atoms with van der Waals surface area (Å²) in [6, 6.07) is 3.46. The van der Waals surface area contributed by atoms with Gasteiger partial charge in [-0.25, -0.2) is 0 Å². The minimum atomic E-state index is -0.00694. The fourth-order valence-electron chi connectivity index (χ4n) is 0.403. The Morgan fingerprint density at radius 2 is 2.33 bits per heavy atom. The summed E-state index contributed by atoms with van der Waals surface area (Å²) in [6.45, 7) is -0.00694. The molecule has 0 aromatic carbocycles. The second-order valence-electron chi connectivity index (χ2n) is 1.24. The molecule has 1 N–H and O–H groups in total. The van der Waals surface area contributed by atoms with E-state index in [9.17, 15) is 0 Å². The Balaban J connectivity index is 0.000000291. The van der Waals surface area contributed by atoms with Gasteiger partial charge in [0.1, 0.15) is 12.4 Å². The maximum atomic E-state index is 8.33. The van der Waals surface area contributed by atoms with Crippen LogP contribution in [-0.4, -0.2) is 5.11 Å². The van der Waals surface area contributed by atoms with Gasteiger partial charge in [0.05, 0.1) is 6.26 Å². The van der Waals surface area contributed by atoms with E-state index in [4.69, 9.17) is 9.52 Å². The minimum absolute atomic E-state index is 0.00694. The molecular weight excluding hydrogens is 175 g/mol. The maximum absolute atomic E-state index is 8.33. The third-order valence-corrected chi connectivity index (χ3v) is 0.736. The summed E-state index contributed by atoms with van der Waals surface area (Å²) in [5, 5.41) is 8.33. The molecule has 0 saturated carbocycles. The van der Waals surface area contributed by atoms with Gasteiger partial charge in [0.15, 0.2) is 0 Å². The number of aliphatic hydroxyl groups is 1. The van der Waals surface area contributed by atoms with Crippen LogP contribution >= 0.6 is 9.30 Å². The van der Waals surface area contributed by atoms with Crippen molar-refractivity contribution in [2.45, 2.75) is 6.61 Å². The van der Waals surface area contributed by atoms with Gasteiger partial charge in [0, 0.05) is 0 Å². The number of hydrogen-bond donors (Lipinski definition) is 1. The number of furan rings is 1. The quantitative estimate of drug-likeness (QED) is 0.666. The molecule has 0 aliphatic heterocycles.